The van der Waals surface area contributed by atoms with Gasteiger partial charge in [-0.05, 0) is 66.4 Å². The lowest BCUT2D eigenvalue weighted by Gasteiger charge is -2.23. The number of aromatic carboxylic acids is 1. The van der Waals surface area contributed by atoms with Crippen molar-refractivity contribution in [3.05, 3.63) is 65.7 Å². The van der Waals surface area contributed by atoms with Gasteiger partial charge >= 0.3 is 5.97 Å². The SMILES string of the molecule is N#Cc1ccc2c(c1)c(-c1ccc3cc(C(=O)O)ccc3c1)nn2C1CCCCO1. The van der Waals surface area contributed by atoms with Crippen molar-refractivity contribution in [2.24, 2.45) is 0 Å². The van der Waals surface area contributed by atoms with Gasteiger partial charge in [0.2, 0.25) is 0 Å². The highest BCUT2D eigenvalue weighted by atomic mass is 16.5. The number of benzene rings is 3. The Hall–Kier alpha value is -3.69. The van der Waals surface area contributed by atoms with Crippen LogP contribution in [0.3, 0.4) is 0 Å². The molecule has 0 radical (unpaired) electrons. The fraction of sp³-hybridized carbons (Fsp3) is 0.208. The highest BCUT2D eigenvalue weighted by Crippen LogP contribution is 2.34. The molecule has 148 valence electrons. The standard InChI is InChI=1S/C24H19N3O3/c25-14-15-4-9-21-20(11-15)23(26-27(21)22-3-1-2-10-30-22)18-7-5-17-13-19(24(28)29)8-6-16(17)12-18/h4-9,11-13,22H,1-3,10H2,(H,28,29). The zero-order chi connectivity index (χ0) is 20.7. The van der Waals surface area contributed by atoms with Crippen molar-refractivity contribution >= 4 is 27.6 Å². The Balaban J connectivity index is 1.68. The second-order valence-corrected chi connectivity index (χ2v) is 7.54. The van der Waals surface area contributed by atoms with E-state index in [2.05, 4.69) is 6.07 Å². The molecule has 1 aliphatic rings. The number of hydrogen-bond donors (Lipinski definition) is 1. The first kappa shape index (κ1) is 18.3. The Morgan fingerprint density at radius 3 is 2.70 bits per heavy atom. The number of nitrogens with zero attached hydrogens (tertiary/aromatic N) is 3. The number of ether oxygens (including phenoxy) is 1. The number of aromatic nitrogens is 2. The van der Waals surface area contributed by atoms with Crippen LogP contribution in [0.25, 0.3) is 32.9 Å². The molecule has 2 heterocycles. The Morgan fingerprint density at radius 2 is 1.93 bits per heavy atom. The summed E-state index contributed by atoms with van der Waals surface area (Å²) in [4.78, 5) is 11.2. The monoisotopic (exact) mass is 397 g/mol. The van der Waals surface area contributed by atoms with E-state index >= 15 is 0 Å². The lowest BCUT2D eigenvalue weighted by atomic mass is 10.0. The highest BCUT2D eigenvalue weighted by molar-refractivity contribution is 5.99. The minimum Gasteiger partial charge on any atom is -0.478 e. The minimum absolute atomic E-state index is 0.110. The van der Waals surface area contributed by atoms with Gasteiger partial charge in [0.05, 0.1) is 22.7 Å². The van der Waals surface area contributed by atoms with Gasteiger partial charge < -0.3 is 9.84 Å². The average Bonchev–Trinajstić information content (AvgIpc) is 3.17. The summed E-state index contributed by atoms with van der Waals surface area (Å²) in [6, 6.07) is 18.8. The lowest BCUT2D eigenvalue weighted by Crippen LogP contribution is -2.19. The molecule has 0 saturated carbocycles. The van der Waals surface area contributed by atoms with Crippen LogP contribution < -0.4 is 0 Å². The molecular weight excluding hydrogens is 378 g/mol. The van der Waals surface area contributed by atoms with Gasteiger partial charge in [-0.3, -0.25) is 0 Å². The van der Waals surface area contributed by atoms with Crippen LogP contribution in [0, 0.1) is 11.3 Å². The second-order valence-electron chi connectivity index (χ2n) is 7.54. The van der Waals surface area contributed by atoms with Crippen LogP contribution >= 0.6 is 0 Å². The number of carboxylic acid groups (broad SMARTS) is 1. The van der Waals surface area contributed by atoms with Crippen LogP contribution in [-0.4, -0.2) is 27.5 Å². The normalized spacial score (nSPS) is 16.6. The maximum Gasteiger partial charge on any atom is 0.335 e. The first-order valence-corrected chi connectivity index (χ1v) is 9.95. The van der Waals surface area contributed by atoms with Crippen molar-refractivity contribution in [3.8, 4) is 17.3 Å². The molecule has 4 aromatic rings. The van der Waals surface area contributed by atoms with Gasteiger partial charge in [-0.2, -0.15) is 10.4 Å². The smallest absolute Gasteiger partial charge is 0.335 e. The largest absolute Gasteiger partial charge is 0.478 e. The molecule has 0 bridgehead atoms. The van der Waals surface area contributed by atoms with Crippen LogP contribution in [0.5, 0.6) is 0 Å². The van der Waals surface area contributed by atoms with Crippen LogP contribution in [0.2, 0.25) is 0 Å². The van der Waals surface area contributed by atoms with Gasteiger partial charge in [0.25, 0.3) is 0 Å². The molecule has 30 heavy (non-hydrogen) atoms. The van der Waals surface area contributed by atoms with Crippen LogP contribution in [-0.2, 0) is 4.74 Å². The third kappa shape index (κ3) is 3.10. The molecule has 0 aliphatic carbocycles. The molecule has 1 aliphatic heterocycles. The Bertz CT molecular complexity index is 1330. The summed E-state index contributed by atoms with van der Waals surface area (Å²) in [7, 11) is 0. The van der Waals surface area contributed by atoms with Gasteiger partial charge in [-0.15, -0.1) is 0 Å². The molecule has 1 aromatic heterocycles. The van der Waals surface area contributed by atoms with Crippen molar-refractivity contribution in [2.45, 2.75) is 25.5 Å². The topological polar surface area (TPSA) is 88.1 Å². The number of hydrogen-bond acceptors (Lipinski definition) is 4. The van der Waals surface area contributed by atoms with Crippen molar-refractivity contribution in [1.29, 1.82) is 5.26 Å². The van der Waals surface area contributed by atoms with E-state index in [1.165, 1.54) is 0 Å². The molecule has 1 N–H and O–H groups in total. The summed E-state index contributed by atoms with van der Waals surface area (Å²) in [6.45, 7) is 0.722. The van der Waals surface area contributed by atoms with Crippen LogP contribution in [0.4, 0.5) is 0 Å². The number of carbonyl (C=O) groups is 1. The van der Waals surface area contributed by atoms with E-state index in [0.29, 0.717) is 5.56 Å². The van der Waals surface area contributed by atoms with Gasteiger partial charge in [0, 0.05) is 17.6 Å². The van der Waals surface area contributed by atoms with E-state index in [9.17, 15) is 15.2 Å². The minimum atomic E-state index is -0.942. The van der Waals surface area contributed by atoms with E-state index in [-0.39, 0.29) is 11.8 Å². The van der Waals surface area contributed by atoms with Crippen molar-refractivity contribution < 1.29 is 14.6 Å². The first-order valence-electron chi connectivity index (χ1n) is 9.95. The summed E-state index contributed by atoms with van der Waals surface area (Å²) in [6.07, 6.45) is 2.96. The van der Waals surface area contributed by atoms with E-state index < -0.39 is 5.97 Å². The van der Waals surface area contributed by atoms with Crippen molar-refractivity contribution in [1.82, 2.24) is 9.78 Å². The number of nitriles is 1. The van der Waals surface area contributed by atoms with E-state index in [0.717, 1.165) is 58.8 Å². The predicted octanol–water partition coefficient (Wildman–Crippen LogP) is 5.13. The molecule has 1 fully saturated rings. The Morgan fingerprint density at radius 1 is 1.10 bits per heavy atom. The van der Waals surface area contributed by atoms with E-state index in [1.54, 1.807) is 18.2 Å². The fourth-order valence-electron chi connectivity index (χ4n) is 4.09. The molecule has 1 unspecified atom stereocenters. The van der Waals surface area contributed by atoms with E-state index in [1.807, 2.05) is 41.1 Å². The maximum absolute atomic E-state index is 11.2. The molecule has 1 atom stereocenters. The van der Waals surface area contributed by atoms with Gasteiger partial charge in [-0.25, -0.2) is 9.48 Å². The van der Waals surface area contributed by atoms with E-state index in [4.69, 9.17) is 9.84 Å². The molecule has 6 nitrogen and oxygen atoms in total. The molecule has 1 saturated heterocycles. The summed E-state index contributed by atoms with van der Waals surface area (Å²) < 4.78 is 7.90. The summed E-state index contributed by atoms with van der Waals surface area (Å²) >= 11 is 0. The molecule has 3 aromatic carbocycles. The number of fused-ring (bicyclic) bond motifs is 2. The third-order valence-electron chi connectivity index (χ3n) is 5.62. The second kappa shape index (κ2) is 7.29. The quantitative estimate of drug-likeness (QED) is 0.518. The third-order valence-corrected chi connectivity index (χ3v) is 5.62. The van der Waals surface area contributed by atoms with Crippen molar-refractivity contribution in [2.75, 3.05) is 6.61 Å². The van der Waals surface area contributed by atoms with Gasteiger partial charge in [0.15, 0.2) is 6.23 Å². The summed E-state index contributed by atoms with van der Waals surface area (Å²) in [5, 5.41) is 26.2. The zero-order valence-corrected chi connectivity index (χ0v) is 16.2. The van der Waals surface area contributed by atoms with Gasteiger partial charge in [0.1, 0.15) is 5.69 Å². The zero-order valence-electron chi connectivity index (χ0n) is 16.2. The maximum atomic E-state index is 11.2. The fourth-order valence-corrected chi connectivity index (χ4v) is 4.09. The van der Waals surface area contributed by atoms with Crippen LogP contribution in [0.1, 0.15) is 41.4 Å². The molecule has 0 amide bonds. The highest BCUT2D eigenvalue weighted by Gasteiger charge is 2.22. The van der Waals surface area contributed by atoms with Crippen molar-refractivity contribution in [3.63, 3.8) is 0 Å². The summed E-state index contributed by atoms with van der Waals surface area (Å²) in [5.41, 5.74) is 3.50. The summed E-state index contributed by atoms with van der Waals surface area (Å²) in [5.74, 6) is -0.942. The molecule has 6 heteroatoms. The Kier molecular flexibility index (Phi) is 4.46. The molecular formula is C24H19N3O3. The van der Waals surface area contributed by atoms with Gasteiger partial charge in [-0.1, -0.05) is 18.2 Å². The van der Waals surface area contributed by atoms with Crippen LogP contribution in [0.15, 0.2) is 54.6 Å². The Labute approximate surface area is 172 Å². The predicted molar refractivity (Wildman–Crippen MR) is 113 cm³/mol. The lowest BCUT2D eigenvalue weighted by molar-refractivity contribution is -0.0365. The average molecular weight is 397 g/mol. The number of rotatable bonds is 3. The first-order chi connectivity index (χ1) is 14.6. The molecule has 0 spiro atoms. The number of carboxylic acids is 1. The molecule has 5 rings (SSSR count).